The Bertz CT molecular complexity index is 539. The SMILES string of the molecule is CCNC(=O)C1CCN(C(=O)CSCc2ccccc2Cl)C1. The number of hydrogen-bond donors (Lipinski definition) is 1. The van der Waals surface area contributed by atoms with E-state index in [2.05, 4.69) is 5.32 Å². The smallest absolute Gasteiger partial charge is 0.232 e. The lowest BCUT2D eigenvalue weighted by Crippen LogP contribution is -2.35. The summed E-state index contributed by atoms with van der Waals surface area (Å²) in [4.78, 5) is 25.8. The van der Waals surface area contributed by atoms with Crippen LogP contribution >= 0.6 is 23.4 Å². The summed E-state index contributed by atoms with van der Waals surface area (Å²) in [5.41, 5.74) is 1.04. The summed E-state index contributed by atoms with van der Waals surface area (Å²) in [5, 5.41) is 3.56. The van der Waals surface area contributed by atoms with Gasteiger partial charge in [-0.05, 0) is 25.0 Å². The summed E-state index contributed by atoms with van der Waals surface area (Å²) in [5.74, 6) is 1.25. The summed E-state index contributed by atoms with van der Waals surface area (Å²) < 4.78 is 0. The second-order valence-corrected chi connectivity index (χ2v) is 6.70. The highest BCUT2D eigenvalue weighted by Crippen LogP contribution is 2.22. The van der Waals surface area contributed by atoms with Gasteiger partial charge < -0.3 is 10.2 Å². The number of nitrogens with one attached hydrogen (secondary N) is 1. The van der Waals surface area contributed by atoms with Gasteiger partial charge >= 0.3 is 0 Å². The maximum Gasteiger partial charge on any atom is 0.232 e. The Morgan fingerprint density at radius 3 is 2.91 bits per heavy atom. The second-order valence-electron chi connectivity index (χ2n) is 5.30. The van der Waals surface area contributed by atoms with E-state index >= 15 is 0 Å². The number of likely N-dealkylation sites (tertiary alicyclic amines) is 1. The summed E-state index contributed by atoms with van der Waals surface area (Å²) in [7, 11) is 0. The van der Waals surface area contributed by atoms with Gasteiger partial charge in [-0.15, -0.1) is 11.8 Å². The highest BCUT2D eigenvalue weighted by molar-refractivity contribution is 7.99. The van der Waals surface area contributed by atoms with Crippen LogP contribution in [-0.4, -0.2) is 42.1 Å². The van der Waals surface area contributed by atoms with Gasteiger partial charge in [-0.3, -0.25) is 9.59 Å². The Kier molecular flexibility index (Phi) is 6.58. The van der Waals surface area contributed by atoms with Crippen LogP contribution in [0.25, 0.3) is 0 Å². The predicted octanol–water partition coefficient (Wildman–Crippen LogP) is 2.56. The van der Waals surface area contributed by atoms with Gasteiger partial charge in [0, 0.05) is 30.4 Å². The molecule has 1 atom stereocenters. The van der Waals surface area contributed by atoms with Crippen LogP contribution in [0, 0.1) is 5.92 Å². The minimum absolute atomic E-state index is 0.0570. The molecular weight excluding hydrogens is 320 g/mol. The monoisotopic (exact) mass is 340 g/mol. The molecule has 4 nitrogen and oxygen atoms in total. The lowest BCUT2D eigenvalue weighted by Gasteiger charge is -2.16. The Balaban J connectivity index is 1.74. The van der Waals surface area contributed by atoms with Gasteiger partial charge in [0.2, 0.25) is 11.8 Å². The van der Waals surface area contributed by atoms with Crippen molar-refractivity contribution in [3.8, 4) is 0 Å². The van der Waals surface area contributed by atoms with Crippen molar-refractivity contribution in [1.82, 2.24) is 10.2 Å². The molecule has 120 valence electrons. The van der Waals surface area contributed by atoms with E-state index in [1.54, 1.807) is 16.7 Å². The van der Waals surface area contributed by atoms with Crippen molar-refractivity contribution in [1.29, 1.82) is 0 Å². The topological polar surface area (TPSA) is 49.4 Å². The van der Waals surface area contributed by atoms with E-state index in [0.29, 0.717) is 25.4 Å². The van der Waals surface area contributed by atoms with Crippen molar-refractivity contribution in [2.24, 2.45) is 5.92 Å². The molecule has 1 saturated heterocycles. The van der Waals surface area contributed by atoms with E-state index in [0.717, 1.165) is 22.8 Å². The maximum atomic E-state index is 12.2. The normalized spacial score (nSPS) is 17.5. The summed E-state index contributed by atoms with van der Waals surface area (Å²) >= 11 is 7.66. The van der Waals surface area contributed by atoms with E-state index in [9.17, 15) is 9.59 Å². The molecular formula is C16H21ClN2O2S. The molecule has 1 aliphatic rings. The summed E-state index contributed by atoms with van der Waals surface area (Å²) in [6.45, 7) is 3.75. The molecule has 6 heteroatoms. The van der Waals surface area contributed by atoms with E-state index < -0.39 is 0 Å². The van der Waals surface area contributed by atoms with Gasteiger partial charge in [0.05, 0.1) is 11.7 Å². The van der Waals surface area contributed by atoms with Gasteiger partial charge in [0.1, 0.15) is 0 Å². The predicted molar refractivity (Wildman–Crippen MR) is 91.0 cm³/mol. The van der Waals surface area contributed by atoms with Crippen molar-refractivity contribution >= 4 is 35.2 Å². The molecule has 0 bridgehead atoms. The first-order chi connectivity index (χ1) is 10.6. The Labute approximate surface area is 140 Å². The molecule has 1 aromatic rings. The third-order valence-electron chi connectivity index (χ3n) is 3.70. The van der Waals surface area contributed by atoms with Gasteiger partial charge in [-0.2, -0.15) is 0 Å². The third kappa shape index (κ3) is 4.65. The molecule has 22 heavy (non-hydrogen) atoms. The first-order valence-corrected chi connectivity index (χ1v) is 9.01. The molecule has 1 N–H and O–H groups in total. The average molecular weight is 341 g/mol. The van der Waals surface area contributed by atoms with Crippen LogP contribution in [-0.2, 0) is 15.3 Å². The quantitative estimate of drug-likeness (QED) is 0.865. The van der Waals surface area contributed by atoms with E-state index in [-0.39, 0.29) is 17.7 Å². The summed E-state index contributed by atoms with van der Waals surface area (Å²) in [6, 6.07) is 7.67. The van der Waals surface area contributed by atoms with Crippen LogP contribution in [0.4, 0.5) is 0 Å². The van der Waals surface area contributed by atoms with Gasteiger partial charge in [-0.1, -0.05) is 29.8 Å². The molecule has 1 aromatic carbocycles. The molecule has 1 aliphatic heterocycles. The van der Waals surface area contributed by atoms with Gasteiger partial charge in [0.25, 0.3) is 0 Å². The van der Waals surface area contributed by atoms with Crippen LogP contribution in [0.5, 0.6) is 0 Å². The Morgan fingerprint density at radius 1 is 1.41 bits per heavy atom. The minimum atomic E-state index is -0.0579. The van der Waals surface area contributed by atoms with Crippen molar-refractivity contribution in [2.75, 3.05) is 25.4 Å². The first-order valence-electron chi connectivity index (χ1n) is 7.48. The lowest BCUT2D eigenvalue weighted by atomic mass is 10.1. The molecule has 0 aromatic heterocycles. The lowest BCUT2D eigenvalue weighted by molar-refractivity contribution is -0.128. The highest BCUT2D eigenvalue weighted by Gasteiger charge is 2.30. The van der Waals surface area contributed by atoms with Gasteiger partial charge in [0.15, 0.2) is 0 Å². The standard InChI is InChI=1S/C16H21ClN2O2S/c1-2-18-16(21)12-7-8-19(9-12)15(20)11-22-10-13-5-3-4-6-14(13)17/h3-6,12H,2,7-11H2,1H3,(H,18,21). The van der Waals surface area contributed by atoms with Crippen LogP contribution in [0.1, 0.15) is 18.9 Å². The Morgan fingerprint density at radius 2 is 2.18 bits per heavy atom. The number of carbonyl (C=O) groups excluding carboxylic acids is 2. The zero-order chi connectivity index (χ0) is 15.9. The molecule has 1 unspecified atom stereocenters. The van der Waals surface area contributed by atoms with Crippen molar-refractivity contribution in [2.45, 2.75) is 19.1 Å². The van der Waals surface area contributed by atoms with E-state index in [1.807, 2.05) is 31.2 Å². The zero-order valence-corrected chi connectivity index (χ0v) is 14.3. The fourth-order valence-corrected chi connectivity index (χ4v) is 3.69. The fourth-order valence-electron chi connectivity index (χ4n) is 2.47. The number of thioether (sulfide) groups is 1. The van der Waals surface area contributed by atoms with Crippen LogP contribution in [0.2, 0.25) is 5.02 Å². The number of rotatable bonds is 6. The van der Waals surface area contributed by atoms with Crippen LogP contribution in [0.15, 0.2) is 24.3 Å². The maximum absolute atomic E-state index is 12.2. The molecule has 0 aliphatic carbocycles. The second kappa shape index (κ2) is 8.44. The largest absolute Gasteiger partial charge is 0.356 e. The first kappa shape index (κ1) is 17.2. The van der Waals surface area contributed by atoms with Crippen molar-refractivity contribution in [3.63, 3.8) is 0 Å². The number of halogens is 1. The molecule has 2 rings (SSSR count). The third-order valence-corrected chi connectivity index (χ3v) is 5.04. The number of hydrogen-bond acceptors (Lipinski definition) is 3. The number of nitrogens with zero attached hydrogens (tertiary/aromatic N) is 1. The van der Waals surface area contributed by atoms with Gasteiger partial charge in [-0.25, -0.2) is 0 Å². The number of carbonyl (C=O) groups is 2. The molecule has 2 amide bonds. The highest BCUT2D eigenvalue weighted by atomic mass is 35.5. The number of amides is 2. The average Bonchev–Trinajstić information content (AvgIpc) is 2.99. The Hall–Kier alpha value is -1.20. The van der Waals surface area contributed by atoms with Crippen LogP contribution < -0.4 is 5.32 Å². The molecule has 0 saturated carbocycles. The zero-order valence-electron chi connectivity index (χ0n) is 12.7. The molecule has 0 radical (unpaired) electrons. The summed E-state index contributed by atoms with van der Waals surface area (Å²) in [6.07, 6.45) is 0.757. The van der Waals surface area contributed by atoms with Crippen LogP contribution in [0.3, 0.4) is 0 Å². The fraction of sp³-hybridized carbons (Fsp3) is 0.500. The van der Waals surface area contributed by atoms with Crippen molar-refractivity contribution < 1.29 is 9.59 Å². The van der Waals surface area contributed by atoms with Crippen molar-refractivity contribution in [3.05, 3.63) is 34.9 Å². The van der Waals surface area contributed by atoms with E-state index in [1.165, 1.54) is 0 Å². The molecule has 0 spiro atoms. The molecule has 1 heterocycles. The van der Waals surface area contributed by atoms with E-state index in [4.69, 9.17) is 11.6 Å². The molecule has 1 fully saturated rings. The number of benzene rings is 1. The minimum Gasteiger partial charge on any atom is -0.356 e.